The van der Waals surface area contributed by atoms with Crippen LogP contribution in [0.2, 0.25) is 0 Å². The van der Waals surface area contributed by atoms with E-state index in [4.69, 9.17) is 0 Å². The molecule has 0 N–H and O–H groups in total. The van der Waals surface area contributed by atoms with E-state index in [0.717, 1.165) is 12.6 Å². The van der Waals surface area contributed by atoms with Crippen molar-refractivity contribution in [1.29, 1.82) is 0 Å². The van der Waals surface area contributed by atoms with Gasteiger partial charge >= 0.3 is 0 Å². The number of aromatic nitrogens is 2. The van der Waals surface area contributed by atoms with Gasteiger partial charge in [-0.15, -0.1) is 0 Å². The van der Waals surface area contributed by atoms with Crippen molar-refractivity contribution >= 4 is 0 Å². The third kappa shape index (κ3) is 1.28. The summed E-state index contributed by atoms with van der Waals surface area (Å²) in [5.41, 5.74) is 0. The highest BCUT2D eigenvalue weighted by Crippen LogP contribution is 2.15. The van der Waals surface area contributed by atoms with Crippen LogP contribution < -0.4 is 0 Å². The van der Waals surface area contributed by atoms with Gasteiger partial charge in [-0.1, -0.05) is 0 Å². The average Bonchev–Trinajstić information content (AvgIpc) is 2.49. The second-order valence-electron chi connectivity index (χ2n) is 3.15. The van der Waals surface area contributed by atoms with Crippen molar-refractivity contribution in [1.82, 2.24) is 14.7 Å². The average molecular weight is 151 g/mol. The van der Waals surface area contributed by atoms with E-state index in [-0.39, 0.29) is 0 Å². The topological polar surface area (TPSA) is 21.1 Å². The Bertz CT molecular complexity index is 217. The maximum absolute atomic E-state index is 4.16. The van der Waals surface area contributed by atoms with Crippen LogP contribution in [0.25, 0.3) is 0 Å². The van der Waals surface area contributed by atoms with Gasteiger partial charge in [0.05, 0.1) is 6.54 Å². The molecular formula is C8H13N3. The minimum Gasteiger partial charge on any atom is -0.301 e. The highest BCUT2D eigenvalue weighted by Gasteiger charge is 2.23. The van der Waals surface area contributed by atoms with Gasteiger partial charge < -0.3 is 4.90 Å². The molecule has 0 spiro atoms. The van der Waals surface area contributed by atoms with E-state index >= 15 is 0 Å². The predicted octanol–water partition coefficient (Wildman–Crippen LogP) is 0.587. The fourth-order valence-electron chi connectivity index (χ4n) is 1.42. The second-order valence-corrected chi connectivity index (χ2v) is 3.15. The van der Waals surface area contributed by atoms with Crippen molar-refractivity contribution in [2.24, 2.45) is 0 Å². The Kier molecular flexibility index (Phi) is 1.66. The van der Waals surface area contributed by atoms with Gasteiger partial charge in [-0.3, -0.25) is 4.68 Å². The normalized spacial score (nSPS) is 25.0. The molecule has 1 atom stereocenters. The van der Waals surface area contributed by atoms with Crippen molar-refractivity contribution in [3.8, 4) is 0 Å². The van der Waals surface area contributed by atoms with E-state index < -0.39 is 0 Å². The lowest BCUT2D eigenvalue weighted by Crippen LogP contribution is -2.47. The molecule has 1 aliphatic heterocycles. The Morgan fingerprint density at radius 1 is 1.64 bits per heavy atom. The molecule has 60 valence electrons. The molecule has 1 aliphatic rings. The lowest BCUT2D eigenvalue weighted by molar-refractivity contribution is 0.107. The molecule has 1 saturated heterocycles. The van der Waals surface area contributed by atoms with Crippen LogP contribution in [0.1, 0.15) is 6.42 Å². The van der Waals surface area contributed by atoms with Crippen molar-refractivity contribution in [2.75, 3.05) is 13.6 Å². The molecule has 0 saturated carbocycles. The van der Waals surface area contributed by atoms with Crippen LogP contribution in [-0.2, 0) is 6.54 Å². The van der Waals surface area contributed by atoms with E-state index in [0.29, 0.717) is 0 Å². The molecule has 1 aromatic heterocycles. The molecule has 1 unspecified atom stereocenters. The van der Waals surface area contributed by atoms with Gasteiger partial charge in [0.2, 0.25) is 0 Å². The molecular weight excluding hydrogens is 138 g/mol. The fourth-order valence-corrected chi connectivity index (χ4v) is 1.42. The number of likely N-dealkylation sites (N-methyl/N-ethyl adjacent to an activating group) is 1. The molecule has 11 heavy (non-hydrogen) atoms. The first kappa shape index (κ1) is 6.85. The van der Waals surface area contributed by atoms with Crippen LogP contribution in [0, 0.1) is 0 Å². The lowest BCUT2D eigenvalue weighted by atomic mass is 10.1. The Balaban J connectivity index is 1.91. The summed E-state index contributed by atoms with van der Waals surface area (Å²) in [6.45, 7) is 2.29. The Hall–Kier alpha value is -0.830. The minimum atomic E-state index is 0.717. The molecule has 1 aromatic rings. The van der Waals surface area contributed by atoms with E-state index in [2.05, 4.69) is 17.0 Å². The summed E-state index contributed by atoms with van der Waals surface area (Å²) in [6, 6.07) is 2.69. The molecule has 3 heteroatoms. The van der Waals surface area contributed by atoms with Crippen LogP contribution in [0.3, 0.4) is 0 Å². The highest BCUT2D eigenvalue weighted by molar-refractivity contribution is 4.83. The maximum Gasteiger partial charge on any atom is 0.0565 e. The molecule has 0 amide bonds. The van der Waals surface area contributed by atoms with Gasteiger partial charge in [0.25, 0.3) is 0 Å². The predicted molar refractivity (Wildman–Crippen MR) is 43.3 cm³/mol. The number of rotatable bonds is 2. The van der Waals surface area contributed by atoms with Crippen molar-refractivity contribution < 1.29 is 0 Å². The molecule has 3 nitrogen and oxygen atoms in total. The van der Waals surface area contributed by atoms with Gasteiger partial charge in [0.1, 0.15) is 0 Å². The summed E-state index contributed by atoms with van der Waals surface area (Å²) < 4.78 is 2.00. The largest absolute Gasteiger partial charge is 0.301 e. The summed E-state index contributed by atoms with van der Waals surface area (Å²) in [5.74, 6) is 0. The minimum absolute atomic E-state index is 0.717. The highest BCUT2D eigenvalue weighted by atomic mass is 15.3. The van der Waals surface area contributed by atoms with Gasteiger partial charge in [-0.2, -0.15) is 5.10 Å². The van der Waals surface area contributed by atoms with Crippen LogP contribution in [0.4, 0.5) is 0 Å². The smallest absolute Gasteiger partial charge is 0.0565 e. The molecule has 2 rings (SSSR count). The summed E-state index contributed by atoms with van der Waals surface area (Å²) >= 11 is 0. The summed E-state index contributed by atoms with van der Waals surface area (Å²) in [7, 11) is 2.16. The Labute approximate surface area is 66.6 Å². The van der Waals surface area contributed by atoms with Gasteiger partial charge in [-0.05, 0) is 26.1 Å². The Morgan fingerprint density at radius 2 is 2.55 bits per heavy atom. The number of hydrogen-bond donors (Lipinski definition) is 0. The molecule has 0 aromatic carbocycles. The molecule has 0 bridgehead atoms. The van der Waals surface area contributed by atoms with Crippen LogP contribution in [-0.4, -0.2) is 34.3 Å². The van der Waals surface area contributed by atoms with E-state index in [1.54, 1.807) is 0 Å². The molecule has 1 fully saturated rings. The zero-order valence-electron chi connectivity index (χ0n) is 6.77. The van der Waals surface area contributed by atoms with E-state index in [9.17, 15) is 0 Å². The summed E-state index contributed by atoms with van der Waals surface area (Å²) in [5, 5.41) is 4.16. The number of nitrogens with zero attached hydrogens (tertiary/aromatic N) is 3. The monoisotopic (exact) mass is 151 g/mol. The molecule has 0 radical (unpaired) electrons. The summed E-state index contributed by atoms with van der Waals surface area (Å²) in [4.78, 5) is 2.36. The van der Waals surface area contributed by atoms with E-state index in [1.807, 2.05) is 23.1 Å². The van der Waals surface area contributed by atoms with Crippen molar-refractivity contribution in [3.63, 3.8) is 0 Å². The quantitative estimate of drug-likeness (QED) is 0.616. The van der Waals surface area contributed by atoms with Crippen LogP contribution >= 0.6 is 0 Å². The molecule has 2 heterocycles. The van der Waals surface area contributed by atoms with Gasteiger partial charge in [0.15, 0.2) is 0 Å². The number of hydrogen-bond acceptors (Lipinski definition) is 2. The first-order valence-corrected chi connectivity index (χ1v) is 4.04. The van der Waals surface area contributed by atoms with Gasteiger partial charge in [0, 0.05) is 18.4 Å². The standard InChI is InChI=1S/C8H13N3/c1-10-6-3-8(10)7-11-5-2-4-9-11/h2,4-5,8H,3,6-7H2,1H3. The second kappa shape index (κ2) is 2.66. The van der Waals surface area contributed by atoms with Crippen molar-refractivity contribution in [3.05, 3.63) is 18.5 Å². The van der Waals surface area contributed by atoms with Crippen LogP contribution in [0.5, 0.6) is 0 Å². The Morgan fingerprint density at radius 3 is 3.00 bits per heavy atom. The van der Waals surface area contributed by atoms with Crippen LogP contribution in [0.15, 0.2) is 18.5 Å². The zero-order chi connectivity index (χ0) is 7.68. The fraction of sp³-hybridized carbons (Fsp3) is 0.625. The zero-order valence-corrected chi connectivity index (χ0v) is 6.77. The van der Waals surface area contributed by atoms with Gasteiger partial charge in [-0.25, -0.2) is 0 Å². The summed E-state index contributed by atoms with van der Waals surface area (Å²) in [6.07, 6.45) is 5.17. The third-order valence-electron chi connectivity index (χ3n) is 2.40. The molecule has 0 aliphatic carbocycles. The third-order valence-corrected chi connectivity index (χ3v) is 2.40. The lowest BCUT2D eigenvalue weighted by Gasteiger charge is -2.37. The first-order chi connectivity index (χ1) is 5.36. The first-order valence-electron chi connectivity index (χ1n) is 4.04. The van der Waals surface area contributed by atoms with E-state index in [1.165, 1.54) is 13.0 Å². The number of likely N-dealkylation sites (tertiary alicyclic amines) is 1. The SMILES string of the molecule is CN1CCC1Cn1cccn1. The maximum atomic E-state index is 4.16. The van der Waals surface area contributed by atoms with Crippen molar-refractivity contribution in [2.45, 2.75) is 19.0 Å².